The molecule has 0 amide bonds. The highest BCUT2D eigenvalue weighted by Crippen LogP contribution is 2.36. The smallest absolute Gasteiger partial charge is 0.119 e. The number of unbranched alkanes of at least 4 members (excludes halogenated alkanes) is 1. The van der Waals surface area contributed by atoms with Crippen LogP contribution in [0.3, 0.4) is 0 Å². The first-order chi connectivity index (χ1) is 13.6. The van der Waals surface area contributed by atoms with Crippen LogP contribution in [0.15, 0.2) is 24.3 Å². The Morgan fingerprint density at radius 2 is 0.800 bits per heavy atom. The van der Waals surface area contributed by atoms with Crippen molar-refractivity contribution in [2.45, 2.75) is 92.9 Å². The van der Waals surface area contributed by atoms with E-state index in [9.17, 15) is 20.4 Å². The maximum absolute atomic E-state index is 9.64. The minimum absolute atomic E-state index is 0.144. The molecule has 0 aliphatic carbocycles. The first-order valence-electron chi connectivity index (χ1n) is 10.6. The van der Waals surface area contributed by atoms with Gasteiger partial charge in [0.05, 0.1) is 0 Å². The maximum atomic E-state index is 9.64. The Balaban J connectivity index is 0.000000477. The Kier molecular flexibility index (Phi) is 10.3. The van der Waals surface area contributed by atoms with Crippen molar-refractivity contribution in [1.82, 2.24) is 0 Å². The Morgan fingerprint density at radius 1 is 0.533 bits per heavy atom. The molecule has 2 aromatic carbocycles. The summed E-state index contributed by atoms with van der Waals surface area (Å²) in [5.41, 5.74) is 2.66. The predicted octanol–water partition coefficient (Wildman–Crippen LogP) is 7.21. The van der Waals surface area contributed by atoms with E-state index in [2.05, 4.69) is 13.8 Å². The summed E-state index contributed by atoms with van der Waals surface area (Å²) in [5.74, 6) is 0.982. The number of hydrogen-bond acceptors (Lipinski definition) is 4. The molecule has 170 valence electrons. The van der Waals surface area contributed by atoms with Gasteiger partial charge in [0, 0.05) is 11.1 Å². The average Bonchev–Trinajstić information content (AvgIpc) is 2.60. The van der Waals surface area contributed by atoms with Crippen molar-refractivity contribution in [2.24, 2.45) is 0 Å². The molecule has 0 saturated carbocycles. The molecule has 0 unspecified atom stereocenters. The van der Waals surface area contributed by atoms with Crippen LogP contribution in [-0.4, -0.2) is 20.4 Å². The number of phenols is 4. The van der Waals surface area contributed by atoms with Gasteiger partial charge in [0.15, 0.2) is 0 Å². The summed E-state index contributed by atoms with van der Waals surface area (Å²) >= 11 is 0. The van der Waals surface area contributed by atoms with Gasteiger partial charge < -0.3 is 20.4 Å². The fourth-order valence-electron chi connectivity index (χ4n) is 2.56. The molecule has 0 bridgehead atoms. The van der Waals surface area contributed by atoms with E-state index in [0.717, 1.165) is 11.1 Å². The molecule has 0 heterocycles. The molecular weight excluding hydrogens is 376 g/mol. The van der Waals surface area contributed by atoms with Gasteiger partial charge in [-0.3, -0.25) is 0 Å². The van der Waals surface area contributed by atoms with Crippen molar-refractivity contribution in [3.8, 4) is 23.0 Å². The van der Waals surface area contributed by atoms with E-state index in [1.54, 1.807) is 38.1 Å². The van der Waals surface area contributed by atoms with Crippen LogP contribution in [0.1, 0.15) is 90.5 Å². The number of rotatable bonds is 1. The van der Waals surface area contributed by atoms with Gasteiger partial charge in [-0.15, -0.1) is 0 Å². The van der Waals surface area contributed by atoms with Gasteiger partial charge in [0.1, 0.15) is 23.0 Å². The van der Waals surface area contributed by atoms with E-state index in [0.29, 0.717) is 11.1 Å². The second-order valence-corrected chi connectivity index (χ2v) is 9.81. The molecule has 0 spiro atoms. The summed E-state index contributed by atoms with van der Waals surface area (Å²) < 4.78 is 0. The molecule has 2 rings (SSSR count). The van der Waals surface area contributed by atoms with Crippen LogP contribution < -0.4 is 0 Å². The summed E-state index contributed by atoms with van der Waals surface area (Å²) in [6, 6.07) is 6.45. The second kappa shape index (κ2) is 11.1. The Bertz CT molecular complexity index is 740. The zero-order chi connectivity index (χ0) is 23.9. The normalized spacial score (nSPS) is 11.1. The van der Waals surface area contributed by atoms with Gasteiger partial charge in [-0.2, -0.15) is 0 Å². The lowest BCUT2D eigenvalue weighted by Gasteiger charge is -2.21. The summed E-state index contributed by atoms with van der Waals surface area (Å²) in [7, 11) is 0. The van der Waals surface area contributed by atoms with E-state index < -0.39 is 0 Å². The largest absolute Gasteiger partial charge is 0.508 e. The number of hydrogen-bond donors (Lipinski definition) is 4. The highest BCUT2D eigenvalue weighted by atomic mass is 16.3. The van der Waals surface area contributed by atoms with Crippen LogP contribution in [-0.2, 0) is 10.8 Å². The zero-order valence-electron chi connectivity index (χ0n) is 20.5. The van der Waals surface area contributed by atoms with Crippen LogP contribution in [0.25, 0.3) is 0 Å². The van der Waals surface area contributed by atoms with Crippen molar-refractivity contribution in [3.63, 3.8) is 0 Å². The third-order valence-corrected chi connectivity index (χ3v) is 4.74. The first kappa shape index (κ1) is 27.6. The van der Waals surface area contributed by atoms with Crippen molar-refractivity contribution in [3.05, 3.63) is 46.5 Å². The lowest BCUT2D eigenvalue weighted by Crippen LogP contribution is -2.11. The van der Waals surface area contributed by atoms with E-state index in [1.165, 1.54) is 12.8 Å². The molecular formula is C26H42O4. The molecule has 0 fully saturated rings. The average molecular weight is 419 g/mol. The van der Waals surface area contributed by atoms with E-state index in [4.69, 9.17) is 0 Å². The molecule has 0 radical (unpaired) electrons. The second-order valence-electron chi connectivity index (χ2n) is 9.81. The molecule has 0 aliphatic heterocycles. The van der Waals surface area contributed by atoms with Gasteiger partial charge in [-0.1, -0.05) is 68.2 Å². The molecule has 30 heavy (non-hydrogen) atoms. The first-order valence-corrected chi connectivity index (χ1v) is 10.6. The summed E-state index contributed by atoms with van der Waals surface area (Å²) in [6.07, 6.45) is 2.64. The number of aromatic hydroxyl groups is 4. The SMILES string of the molecule is CCCC.Cc1cc(O)c(C(C)(C)C)cc1O.Cc1cc(O)c(C(C)(C)C)cc1O. The molecule has 4 heteroatoms. The van der Waals surface area contributed by atoms with Gasteiger partial charge in [-0.05, 0) is 60.1 Å². The monoisotopic (exact) mass is 418 g/mol. The van der Waals surface area contributed by atoms with Crippen molar-refractivity contribution in [1.29, 1.82) is 0 Å². The van der Waals surface area contributed by atoms with Gasteiger partial charge >= 0.3 is 0 Å². The van der Waals surface area contributed by atoms with E-state index in [1.807, 2.05) is 41.5 Å². The van der Waals surface area contributed by atoms with Crippen molar-refractivity contribution >= 4 is 0 Å². The minimum Gasteiger partial charge on any atom is -0.508 e. The third-order valence-electron chi connectivity index (χ3n) is 4.74. The fourth-order valence-corrected chi connectivity index (χ4v) is 2.56. The van der Waals surface area contributed by atoms with Crippen LogP contribution in [0.4, 0.5) is 0 Å². The number of phenolic OH excluding ortho intramolecular Hbond substituents is 4. The highest BCUT2D eigenvalue weighted by molar-refractivity contribution is 5.48. The van der Waals surface area contributed by atoms with Crippen LogP contribution >= 0.6 is 0 Å². The summed E-state index contributed by atoms with van der Waals surface area (Å²) in [6.45, 7) is 19.9. The lowest BCUT2D eigenvalue weighted by atomic mass is 9.85. The molecule has 0 aliphatic rings. The molecule has 0 saturated heterocycles. The standard InChI is InChI=1S/2C11H16O2.C4H10/c2*1-7-5-10(13)8(6-9(7)12)11(2,3)4;1-3-4-2/h2*5-6,12-13H,1-4H3;3-4H2,1-2H3. The summed E-state index contributed by atoms with van der Waals surface area (Å²) in [5, 5.41) is 38.2. The van der Waals surface area contributed by atoms with Crippen molar-refractivity contribution in [2.75, 3.05) is 0 Å². The number of benzene rings is 2. The third kappa shape index (κ3) is 8.56. The highest BCUT2D eigenvalue weighted by Gasteiger charge is 2.20. The van der Waals surface area contributed by atoms with Gasteiger partial charge in [-0.25, -0.2) is 0 Å². The topological polar surface area (TPSA) is 80.9 Å². The lowest BCUT2D eigenvalue weighted by molar-refractivity contribution is 0.433. The van der Waals surface area contributed by atoms with E-state index in [-0.39, 0.29) is 33.8 Å². The Hall–Kier alpha value is -2.36. The Morgan fingerprint density at radius 3 is 1.00 bits per heavy atom. The Labute approximate surface area is 183 Å². The van der Waals surface area contributed by atoms with Gasteiger partial charge in [0.25, 0.3) is 0 Å². The molecule has 2 aromatic rings. The summed E-state index contributed by atoms with van der Waals surface area (Å²) in [4.78, 5) is 0. The van der Waals surface area contributed by atoms with Crippen LogP contribution in [0.2, 0.25) is 0 Å². The molecule has 4 nitrogen and oxygen atoms in total. The number of aryl methyl sites for hydroxylation is 2. The van der Waals surface area contributed by atoms with Crippen LogP contribution in [0, 0.1) is 13.8 Å². The van der Waals surface area contributed by atoms with E-state index >= 15 is 0 Å². The predicted molar refractivity (Wildman–Crippen MR) is 127 cm³/mol. The van der Waals surface area contributed by atoms with Crippen LogP contribution in [0.5, 0.6) is 23.0 Å². The van der Waals surface area contributed by atoms with Crippen molar-refractivity contribution < 1.29 is 20.4 Å². The minimum atomic E-state index is -0.144. The van der Waals surface area contributed by atoms with Gasteiger partial charge in [0.2, 0.25) is 0 Å². The quantitative estimate of drug-likeness (QED) is 0.369. The molecule has 4 N–H and O–H groups in total. The molecule has 0 atom stereocenters. The maximum Gasteiger partial charge on any atom is 0.119 e. The fraction of sp³-hybridized carbons (Fsp3) is 0.538. The zero-order valence-corrected chi connectivity index (χ0v) is 20.5. The molecule has 0 aromatic heterocycles.